The van der Waals surface area contributed by atoms with E-state index in [1.807, 2.05) is 6.07 Å². The zero-order valence-electron chi connectivity index (χ0n) is 25.2. The number of aromatic nitrogens is 2. The van der Waals surface area contributed by atoms with Gasteiger partial charge in [0.1, 0.15) is 39.9 Å². The molecule has 228 valence electrons. The van der Waals surface area contributed by atoms with Gasteiger partial charge in [-0.05, 0) is 64.8 Å². The molecule has 2 aromatic rings. The number of Topliss-reactive ketones (excluding diaryl/α,β-unsaturated/α-hetero) is 2. The summed E-state index contributed by atoms with van der Waals surface area (Å²) < 4.78 is 10.1. The number of allylic oxidation sites excluding steroid dienone is 2. The first-order valence-corrected chi connectivity index (χ1v) is 14.1. The molecule has 0 amide bonds. The predicted molar refractivity (Wildman–Crippen MR) is 159 cm³/mol. The Morgan fingerprint density at radius 3 is 1.68 bits per heavy atom. The molecule has 2 aliphatic rings. The second kappa shape index (κ2) is 13.2. The standard InChI is InChI=1S/C16H15ClN2O3.C16H16N2O4/c1-4-22-15(21)16(2,3)13-6-10-9(8-19-13)5-12(20)11(7-18)14(10)17;1-4-22-15(21)16(2,3)13-6-10-9(8-18-13)5-12(19)11(7-17)14(10)20/h6,8H,4-5H2,1-3H3;6,8,20H,4-5H2,1-3H3. The number of hydrogen-bond acceptors (Lipinski definition) is 11. The quantitative estimate of drug-likeness (QED) is 0.454. The lowest BCUT2D eigenvalue weighted by molar-refractivity contribution is -0.149. The van der Waals surface area contributed by atoms with Gasteiger partial charge < -0.3 is 14.6 Å². The Balaban J connectivity index is 0.000000240. The van der Waals surface area contributed by atoms with Crippen LogP contribution in [0.25, 0.3) is 10.8 Å². The Morgan fingerprint density at radius 2 is 1.25 bits per heavy atom. The van der Waals surface area contributed by atoms with Crippen LogP contribution in [0.15, 0.2) is 35.7 Å². The monoisotopic (exact) mass is 618 g/mol. The molecule has 4 rings (SSSR count). The molecule has 2 aromatic heterocycles. The third-order valence-electron chi connectivity index (χ3n) is 7.26. The van der Waals surface area contributed by atoms with E-state index < -0.39 is 28.6 Å². The maximum Gasteiger partial charge on any atom is 0.317 e. The fourth-order valence-electron chi connectivity index (χ4n) is 4.46. The number of carbonyl (C=O) groups is 4. The molecule has 0 unspecified atom stereocenters. The molecule has 0 aromatic carbocycles. The van der Waals surface area contributed by atoms with Gasteiger partial charge in [-0.2, -0.15) is 10.5 Å². The second-order valence-corrected chi connectivity index (χ2v) is 11.4. The van der Waals surface area contributed by atoms with Gasteiger partial charge in [0.2, 0.25) is 0 Å². The predicted octanol–water partition coefficient (Wildman–Crippen LogP) is 4.36. The molecule has 0 saturated heterocycles. The van der Waals surface area contributed by atoms with E-state index >= 15 is 0 Å². The minimum atomic E-state index is -1.00. The Bertz CT molecular complexity index is 1580. The number of pyridine rings is 2. The van der Waals surface area contributed by atoms with Crippen LogP contribution in [-0.4, -0.2) is 51.8 Å². The number of halogens is 1. The average molecular weight is 619 g/mol. The van der Waals surface area contributed by atoms with E-state index in [0.29, 0.717) is 33.6 Å². The Kier molecular flexibility index (Phi) is 10.1. The molecular formula is C32H31ClN4O7. The Hall–Kier alpha value is -4.87. The molecule has 11 nitrogen and oxygen atoms in total. The summed E-state index contributed by atoms with van der Waals surface area (Å²) >= 11 is 6.16. The van der Waals surface area contributed by atoms with Gasteiger partial charge >= 0.3 is 11.9 Å². The number of ether oxygens (including phenoxy) is 2. The van der Waals surface area contributed by atoms with Crippen molar-refractivity contribution in [1.82, 2.24) is 9.97 Å². The summed E-state index contributed by atoms with van der Waals surface area (Å²) in [5, 5.41) is 28.2. The third-order valence-corrected chi connectivity index (χ3v) is 7.65. The van der Waals surface area contributed by atoms with E-state index in [-0.39, 0.29) is 53.8 Å². The number of rotatable bonds is 6. The van der Waals surface area contributed by atoms with Gasteiger partial charge in [0, 0.05) is 36.4 Å². The summed E-state index contributed by atoms with van der Waals surface area (Å²) in [7, 11) is 0. The lowest BCUT2D eigenvalue weighted by Crippen LogP contribution is -2.32. The summed E-state index contributed by atoms with van der Waals surface area (Å²) in [6.45, 7) is 10.7. The van der Waals surface area contributed by atoms with Crippen LogP contribution in [0.2, 0.25) is 0 Å². The number of carbonyl (C=O) groups excluding carboxylic acids is 4. The number of esters is 2. The zero-order chi connectivity index (χ0) is 33.0. The summed E-state index contributed by atoms with van der Waals surface area (Å²) in [6.07, 6.45) is 3.07. The molecule has 44 heavy (non-hydrogen) atoms. The summed E-state index contributed by atoms with van der Waals surface area (Å²) in [6, 6.07) is 6.73. The lowest BCUT2D eigenvalue weighted by atomic mass is 9.84. The molecule has 0 radical (unpaired) electrons. The van der Waals surface area contributed by atoms with Crippen LogP contribution in [0.3, 0.4) is 0 Å². The van der Waals surface area contributed by atoms with Gasteiger partial charge in [-0.1, -0.05) is 11.6 Å². The zero-order valence-corrected chi connectivity index (χ0v) is 26.0. The largest absolute Gasteiger partial charge is 0.506 e. The van der Waals surface area contributed by atoms with Gasteiger partial charge in [0.25, 0.3) is 0 Å². The topological polar surface area (TPSA) is 180 Å². The van der Waals surface area contributed by atoms with E-state index in [0.717, 1.165) is 0 Å². The molecule has 1 N–H and O–H groups in total. The van der Waals surface area contributed by atoms with Gasteiger partial charge in [-0.25, -0.2) is 0 Å². The van der Waals surface area contributed by atoms with E-state index in [4.69, 9.17) is 31.6 Å². The van der Waals surface area contributed by atoms with E-state index in [9.17, 15) is 24.3 Å². The first-order valence-electron chi connectivity index (χ1n) is 13.7. The summed E-state index contributed by atoms with van der Waals surface area (Å²) in [5.41, 5.74) is 0.730. The first-order chi connectivity index (χ1) is 20.6. The van der Waals surface area contributed by atoms with Gasteiger partial charge in [0.15, 0.2) is 11.6 Å². The fraction of sp³-hybridized carbons (Fsp3) is 0.375. The van der Waals surface area contributed by atoms with Gasteiger partial charge in [-0.15, -0.1) is 0 Å². The molecule has 0 aliphatic heterocycles. The number of aliphatic hydroxyl groups is 1. The highest BCUT2D eigenvalue weighted by atomic mass is 35.5. The summed E-state index contributed by atoms with van der Waals surface area (Å²) in [5.74, 6) is -1.95. The van der Waals surface area contributed by atoms with Gasteiger partial charge in [0.05, 0.1) is 29.6 Å². The number of aliphatic hydroxyl groups excluding tert-OH is 1. The van der Waals surface area contributed by atoms with Crippen LogP contribution in [-0.2, 0) is 52.3 Å². The van der Waals surface area contributed by atoms with Crippen molar-refractivity contribution < 1.29 is 33.8 Å². The van der Waals surface area contributed by atoms with Crippen LogP contribution in [0, 0.1) is 22.7 Å². The van der Waals surface area contributed by atoms with Crippen LogP contribution in [0.5, 0.6) is 0 Å². The van der Waals surface area contributed by atoms with Crippen molar-refractivity contribution in [3.05, 3.63) is 69.3 Å². The van der Waals surface area contributed by atoms with Gasteiger partial charge in [-0.3, -0.25) is 29.1 Å². The van der Waals surface area contributed by atoms with Crippen molar-refractivity contribution in [3.8, 4) is 12.1 Å². The minimum absolute atomic E-state index is 0.00933. The molecule has 0 atom stereocenters. The van der Waals surface area contributed by atoms with Crippen molar-refractivity contribution in [2.24, 2.45) is 0 Å². The van der Waals surface area contributed by atoms with Crippen molar-refractivity contribution in [2.75, 3.05) is 13.2 Å². The fourth-order valence-corrected chi connectivity index (χ4v) is 4.79. The molecule has 2 heterocycles. The van der Waals surface area contributed by atoms with E-state index in [1.54, 1.807) is 53.7 Å². The number of fused-ring (bicyclic) bond motifs is 2. The molecule has 0 spiro atoms. The molecular weight excluding hydrogens is 588 g/mol. The van der Waals surface area contributed by atoms with Crippen LogP contribution in [0.4, 0.5) is 0 Å². The lowest BCUT2D eigenvalue weighted by Gasteiger charge is -2.24. The number of nitriles is 2. The maximum atomic E-state index is 12.1. The summed E-state index contributed by atoms with van der Waals surface area (Å²) in [4.78, 5) is 56.1. The molecule has 2 aliphatic carbocycles. The highest BCUT2D eigenvalue weighted by Crippen LogP contribution is 2.35. The third kappa shape index (κ3) is 6.38. The Labute approximate surface area is 259 Å². The smallest absolute Gasteiger partial charge is 0.317 e. The van der Waals surface area contributed by atoms with Crippen molar-refractivity contribution >= 4 is 45.9 Å². The van der Waals surface area contributed by atoms with Crippen molar-refractivity contribution in [1.29, 1.82) is 10.5 Å². The normalized spacial score (nSPS) is 14.4. The Morgan fingerprint density at radius 1 is 0.841 bits per heavy atom. The highest BCUT2D eigenvalue weighted by molar-refractivity contribution is 6.52. The second-order valence-electron chi connectivity index (χ2n) is 11.0. The maximum absolute atomic E-state index is 12.1. The molecule has 0 saturated carbocycles. The van der Waals surface area contributed by atoms with Crippen LogP contribution < -0.4 is 0 Å². The van der Waals surface area contributed by atoms with Crippen LogP contribution in [0.1, 0.15) is 75.2 Å². The molecule has 0 fully saturated rings. The average Bonchev–Trinajstić information content (AvgIpc) is 2.97. The number of nitrogens with zero attached hydrogens (tertiary/aromatic N) is 4. The van der Waals surface area contributed by atoms with Crippen molar-refractivity contribution in [2.45, 2.75) is 65.2 Å². The minimum Gasteiger partial charge on any atom is -0.506 e. The molecule has 12 heteroatoms. The highest BCUT2D eigenvalue weighted by Gasteiger charge is 2.36. The molecule has 0 bridgehead atoms. The first kappa shape index (κ1) is 33.6. The number of ketones is 2. The van der Waals surface area contributed by atoms with E-state index in [2.05, 4.69) is 9.97 Å². The van der Waals surface area contributed by atoms with E-state index in [1.165, 1.54) is 18.5 Å². The van der Waals surface area contributed by atoms with Crippen LogP contribution >= 0.6 is 11.6 Å². The SMILES string of the molecule is CCOC(=O)C(C)(C)c1cc2c(cn1)CC(=O)C(C#N)=C2Cl.CCOC(=O)C(C)(C)c1cc2c(cn1)CC(=O)C(C#N)=C2O. The number of hydrogen-bond donors (Lipinski definition) is 1. The van der Waals surface area contributed by atoms with Crippen molar-refractivity contribution in [3.63, 3.8) is 0 Å².